The summed E-state index contributed by atoms with van der Waals surface area (Å²) in [5, 5.41) is 14.1. The van der Waals surface area contributed by atoms with Crippen LogP contribution in [0.25, 0.3) is 0 Å². The summed E-state index contributed by atoms with van der Waals surface area (Å²) in [7, 11) is 0. The fraction of sp³-hybridized carbons (Fsp3) is 0.222. The van der Waals surface area contributed by atoms with Gasteiger partial charge in [-0.15, -0.1) is 11.3 Å². The summed E-state index contributed by atoms with van der Waals surface area (Å²) in [6.45, 7) is 4.89. The molecule has 1 N–H and O–H groups in total. The quantitative estimate of drug-likeness (QED) is 0.833. The van der Waals surface area contributed by atoms with E-state index >= 15 is 0 Å². The fourth-order valence-electron chi connectivity index (χ4n) is 0.853. The number of rotatable bonds is 4. The van der Waals surface area contributed by atoms with Crippen molar-refractivity contribution in [2.24, 2.45) is 0 Å². The summed E-state index contributed by atoms with van der Waals surface area (Å²) < 4.78 is 0. The number of hydrogen-bond acceptors (Lipinski definition) is 3. The highest BCUT2D eigenvalue weighted by Gasteiger charge is 1.98. The Kier molecular flexibility index (Phi) is 3.97. The molecule has 1 aromatic rings. The van der Waals surface area contributed by atoms with Crippen LogP contribution in [-0.4, -0.2) is 6.54 Å². The molecule has 0 aliphatic heterocycles. The van der Waals surface area contributed by atoms with Gasteiger partial charge in [0.15, 0.2) is 0 Å². The minimum Gasteiger partial charge on any atom is -0.307 e. The lowest BCUT2D eigenvalue weighted by atomic mass is 10.3. The first kappa shape index (κ1) is 10.3. The molecule has 4 heteroatoms. The fourth-order valence-corrected chi connectivity index (χ4v) is 1.73. The Bertz CT molecular complexity index is 338. The van der Waals surface area contributed by atoms with E-state index in [1.54, 1.807) is 11.3 Å². The van der Waals surface area contributed by atoms with E-state index in [-0.39, 0.29) is 0 Å². The number of halogens is 1. The highest BCUT2D eigenvalue weighted by molar-refractivity contribution is 7.10. The number of hydrogen-bond donors (Lipinski definition) is 1. The third-order valence-corrected chi connectivity index (χ3v) is 2.47. The molecular weight excluding hydrogens is 204 g/mol. The van der Waals surface area contributed by atoms with Crippen LogP contribution in [-0.2, 0) is 6.54 Å². The summed E-state index contributed by atoms with van der Waals surface area (Å²) in [5.74, 6) is 0. The summed E-state index contributed by atoms with van der Waals surface area (Å²) in [6, 6.07) is 3.96. The molecule has 0 radical (unpaired) electrons. The van der Waals surface area contributed by atoms with Crippen LogP contribution in [0, 0.1) is 11.3 Å². The Hall–Kier alpha value is -0.820. The molecular formula is C9H9ClN2S. The van der Waals surface area contributed by atoms with E-state index in [0.29, 0.717) is 17.1 Å². The lowest BCUT2D eigenvalue weighted by molar-refractivity contribution is 0.765. The molecule has 0 amide bonds. The molecule has 0 bridgehead atoms. The predicted octanol–water partition coefficient (Wildman–Crippen LogP) is 2.46. The van der Waals surface area contributed by atoms with Gasteiger partial charge in [-0.05, 0) is 6.07 Å². The molecule has 0 atom stereocenters. The first-order valence-electron chi connectivity index (χ1n) is 3.74. The van der Waals surface area contributed by atoms with E-state index < -0.39 is 0 Å². The van der Waals surface area contributed by atoms with Crippen LogP contribution in [0.2, 0.25) is 0 Å². The van der Waals surface area contributed by atoms with Crippen molar-refractivity contribution in [3.05, 3.63) is 33.5 Å². The van der Waals surface area contributed by atoms with Crippen molar-refractivity contribution < 1.29 is 0 Å². The molecule has 68 valence electrons. The maximum absolute atomic E-state index is 8.57. The Morgan fingerprint density at radius 1 is 1.77 bits per heavy atom. The largest absolute Gasteiger partial charge is 0.307 e. The normalized spacial score (nSPS) is 9.54. The van der Waals surface area contributed by atoms with Crippen molar-refractivity contribution in [1.29, 1.82) is 5.26 Å². The standard InChI is InChI=1S/C9H9ClN2S/c1-7(10)4-12-5-9-2-8(3-11)6-13-9/h2,6,12H,1,4-5H2. The van der Waals surface area contributed by atoms with Gasteiger partial charge in [0.2, 0.25) is 0 Å². The van der Waals surface area contributed by atoms with Gasteiger partial charge in [-0.1, -0.05) is 18.2 Å². The highest BCUT2D eigenvalue weighted by atomic mass is 35.5. The Balaban J connectivity index is 2.38. The maximum atomic E-state index is 8.57. The molecule has 0 aliphatic carbocycles. The van der Waals surface area contributed by atoms with Crippen molar-refractivity contribution in [2.45, 2.75) is 6.54 Å². The zero-order chi connectivity index (χ0) is 9.68. The van der Waals surface area contributed by atoms with E-state index in [1.165, 1.54) is 0 Å². The summed E-state index contributed by atoms with van der Waals surface area (Å²) >= 11 is 7.14. The van der Waals surface area contributed by atoms with Gasteiger partial charge in [-0.25, -0.2) is 0 Å². The van der Waals surface area contributed by atoms with Crippen LogP contribution < -0.4 is 5.32 Å². The van der Waals surface area contributed by atoms with E-state index in [2.05, 4.69) is 18.0 Å². The van der Waals surface area contributed by atoms with Gasteiger partial charge in [0.1, 0.15) is 6.07 Å². The monoisotopic (exact) mass is 212 g/mol. The van der Waals surface area contributed by atoms with E-state index in [4.69, 9.17) is 16.9 Å². The van der Waals surface area contributed by atoms with Gasteiger partial charge < -0.3 is 5.32 Å². The minimum absolute atomic E-state index is 0.595. The summed E-state index contributed by atoms with van der Waals surface area (Å²) in [5.41, 5.74) is 0.714. The molecule has 1 rings (SSSR count). The van der Waals surface area contributed by atoms with Crippen molar-refractivity contribution in [3.63, 3.8) is 0 Å². The zero-order valence-corrected chi connectivity index (χ0v) is 8.58. The van der Waals surface area contributed by atoms with Crippen molar-refractivity contribution in [3.8, 4) is 6.07 Å². The van der Waals surface area contributed by atoms with E-state index in [9.17, 15) is 0 Å². The number of thiophene rings is 1. The summed E-state index contributed by atoms with van der Waals surface area (Å²) in [4.78, 5) is 1.13. The van der Waals surface area contributed by atoms with Crippen LogP contribution >= 0.6 is 22.9 Å². The lowest BCUT2D eigenvalue weighted by Crippen LogP contribution is -2.13. The van der Waals surface area contributed by atoms with Gasteiger partial charge in [0, 0.05) is 28.4 Å². The molecule has 0 aliphatic rings. The minimum atomic E-state index is 0.595. The molecule has 2 nitrogen and oxygen atoms in total. The topological polar surface area (TPSA) is 35.8 Å². The Morgan fingerprint density at radius 2 is 2.54 bits per heavy atom. The SMILES string of the molecule is C=C(Cl)CNCc1cc(C#N)cs1. The Morgan fingerprint density at radius 3 is 3.08 bits per heavy atom. The molecule has 0 saturated heterocycles. The smallest absolute Gasteiger partial charge is 0.100 e. The van der Waals surface area contributed by atoms with Crippen LogP contribution in [0.1, 0.15) is 10.4 Å². The Labute approximate surface area is 86.5 Å². The van der Waals surface area contributed by atoms with Crippen LogP contribution in [0.5, 0.6) is 0 Å². The number of nitriles is 1. The first-order chi connectivity index (χ1) is 6.22. The molecule has 0 aromatic carbocycles. The van der Waals surface area contributed by atoms with Crippen LogP contribution in [0.15, 0.2) is 23.1 Å². The van der Waals surface area contributed by atoms with Gasteiger partial charge in [0.05, 0.1) is 5.56 Å². The van der Waals surface area contributed by atoms with Gasteiger partial charge >= 0.3 is 0 Å². The average Bonchev–Trinajstić information content (AvgIpc) is 2.52. The first-order valence-corrected chi connectivity index (χ1v) is 4.99. The average molecular weight is 213 g/mol. The van der Waals surface area contributed by atoms with Gasteiger partial charge in [-0.3, -0.25) is 0 Å². The van der Waals surface area contributed by atoms with Gasteiger partial charge in [-0.2, -0.15) is 5.26 Å². The zero-order valence-electron chi connectivity index (χ0n) is 7.01. The number of nitrogens with zero attached hydrogens (tertiary/aromatic N) is 1. The molecule has 0 spiro atoms. The highest BCUT2D eigenvalue weighted by Crippen LogP contribution is 2.13. The maximum Gasteiger partial charge on any atom is 0.100 e. The third-order valence-electron chi connectivity index (χ3n) is 1.40. The van der Waals surface area contributed by atoms with Crippen molar-refractivity contribution in [2.75, 3.05) is 6.54 Å². The molecule has 0 fully saturated rings. The molecule has 1 heterocycles. The van der Waals surface area contributed by atoms with Crippen molar-refractivity contribution >= 4 is 22.9 Å². The van der Waals surface area contributed by atoms with Crippen LogP contribution in [0.3, 0.4) is 0 Å². The molecule has 13 heavy (non-hydrogen) atoms. The molecule has 1 aromatic heterocycles. The third kappa shape index (κ3) is 3.60. The summed E-state index contributed by atoms with van der Waals surface area (Å²) in [6.07, 6.45) is 0. The second-order valence-corrected chi connectivity index (χ2v) is 4.06. The van der Waals surface area contributed by atoms with E-state index in [1.807, 2.05) is 11.4 Å². The van der Waals surface area contributed by atoms with Gasteiger partial charge in [0.25, 0.3) is 0 Å². The molecule has 0 unspecified atom stereocenters. The van der Waals surface area contributed by atoms with E-state index in [0.717, 1.165) is 11.4 Å². The lowest BCUT2D eigenvalue weighted by Gasteiger charge is -1.99. The predicted molar refractivity (Wildman–Crippen MR) is 55.7 cm³/mol. The molecule has 0 saturated carbocycles. The van der Waals surface area contributed by atoms with Crippen LogP contribution in [0.4, 0.5) is 0 Å². The number of nitrogens with one attached hydrogen (secondary N) is 1. The second kappa shape index (κ2) is 5.03. The van der Waals surface area contributed by atoms with Crippen molar-refractivity contribution in [1.82, 2.24) is 5.32 Å². The second-order valence-electron chi connectivity index (χ2n) is 2.53.